The minimum absolute atomic E-state index is 0.214. The fraction of sp³-hybridized carbons (Fsp3) is 0. The van der Waals surface area contributed by atoms with Crippen molar-refractivity contribution in [3.8, 4) is 22.4 Å². The normalized spacial score (nSPS) is 11.3. The van der Waals surface area contributed by atoms with Crippen LogP contribution in [0.5, 0.6) is 0 Å². The lowest BCUT2D eigenvalue weighted by Gasteiger charge is -2.05. The van der Waals surface area contributed by atoms with Gasteiger partial charge < -0.3 is 4.42 Å². The predicted octanol–water partition coefficient (Wildman–Crippen LogP) is 6.36. The van der Waals surface area contributed by atoms with Gasteiger partial charge in [0.2, 0.25) is 5.28 Å². The third-order valence-electron chi connectivity index (χ3n) is 4.46. The van der Waals surface area contributed by atoms with Crippen LogP contribution in [-0.4, -0.2) is 9.97 Å². The first-order chi connectivity index (χ1) is 12.8. The summed E-state index contributed by atoms with van der Waals surface area (Å²) in [4.78, 5) is 8.81. The van der Waals surface area contributed by atoms with Crippen LogP contribution >= 0.6 is 11.6 Å². The zero-order valence-electron chi connectivity index (χ0n) is 13.7. The van der Waals surface area contributed by atoms with E-state index >= 15 is 0 Å². The number of hydrogen-bond acceptors (Lipinski definition) is 3. The predicted molar refractivity (Wildman–Crippen MR) is 105 cm³/mol. The Morgan fingerprint density at radius 3 is 2.12 bits per heavy atom. The number of benzene rings is 3. The van der Waals surface area contributed by atoms with Crippen molar-refractivity contribution in [3.63, 3.8) is 0 Å². The average molecular weight is 357 g/mol. The Kier molecular flexibility index (Phi) is 3.47. The molecule has 0 unspecified atom stereocenters. The summed E-state index contributed by atoms with van der Waals surface area (Å²) >= 11 is 6.19. The highest BCUT2D eigenvalue weighted by atomic mass is 35.5. The van der Waals surface area contributed by atoms with Gasteiger partial charge in [0.1, 0.15) is 16.8 Å². The maximum atomic E-state index is 6.19. The van der Waals surface area contributed by atoms with Crippen molar-refractivity contribution < 1.29 is 4.42 Å². The highest BCUT2D eigenvalue weighted by molar-refractivity contribution is 6.29. The molecular formula is C22H13ClN2O. The van der Waals surface area contributed by atoms with Gasteiger partial charge >= 0.3 is 0 Å². The van der Waals surface area contributed by atoms with E-state index < -0.39 is 0 Å². The molecular weight excluding hydrogens is 344 g/mol. The highest BCUT2D eigenvalue weighted by Gasteiger charge is 2.16. The fourth-order valence-corrected chi connectivity index (χ4v) is 3.38. The first-order valence-electron chi connectivity index (χ1n) is 8.30. The fourth-order valence-electron chi connectivity index (χ4n) is 3.21. The summed E-state index contributed by atoms with van der Waals surface area (Å²) < 4.78 is 6.02. The maximum absolute atomic E-state index is 6.19. The molecule has 0 amide bonds. The van der Waals surface area contributed by atoms with Crippen molar-refractivity contribution in [3.05, 3.63) is 84.1 Å². The second kappa shape index (κ2) is 5.97. The molecule has 26 heavy (non-hydrogen) atoms. The van der Waals surface area contributed by atoms with Gasteiger partial charge in [0.15, 0.2) is 5.58 Å². The molecule has 5 rings (SSSR count). The molecule has 0 atom stereocenters. The smallest absolute Gasteiger partial charge is 0.223 e. The van der Waals surface area contributed by atoms with Gasteiger partial charge in [-0.2, -0.15) is 0 Å². The van der Waals surface area contributed by atoms with Crippen LogP contribution in [0, 0.1) is 0 Å². The average Bonchev–Trinajstić information content (AvgIpc) is 3.07. The molecule has 0 spiro atoms. The summed E-state index contributed by atoms with van der Waals surface area (Å²) in [6.07, 6.45) is 0. The van der Waals surface area contributed by atoms with E-state index in [1.165, 1.54) is 5.56 Å². The van der Waals surface area contributed by atoms with Crippen molar-refractivity contribution in [2.75, 3.05) is 0 Å². The summed E-state index contributed by atoms with van der Waals surface area (Å²) in [7, 11) is 0. The molecule has 0 aliphatic rings. The van der Waals surface area contributed by atoms with Gasteiger partial charge in [-0.3, -0.25) is 0 Å². The topological polar surface area (TPSA) is 38.9 Å². The van der Waals surface area contributed by atoms with Gasteiger partial charge in [0, 0.05) is 10.9 Å². The zero-order valence-corrected chi connectivity index (χ0v) is 14.4. The van der Waals surface area contributed by atoms with Gasteiger partial charge in [-0.25, -0.2) is 9.97 Å². The van der Waals surface area contributed by atoms with Crippen LogP contribution in [0.25, 0.3) is 44.5 Å². The second-order valence-electron chi connectivity index (χ2n) is 6.06. The highest BCUT2D eigenvalue weighted by Crippen LogP contribution is 2.35. The number of furan rings is 1. The van der Waals surface area contributed by atoms with Crippen molar-refractivity contribution in [2.45, 2.75) is 0 Å². The Morgan fingerprint density at radius 1 is 0.654 bits per heavy atom. The molecule has 124 valence electrons. The van der Waals surface area contributed by atoms with Crippen LogP contribution < -0.4 is 0 Å². The SMILES string of the molecule is Clc1nc(-c2ccc(-c3ccccc3)cc2)c2oc3ccccc3c2n1. The molecule has 2 aromatic heterocycles. The first kappa shape index (κ1) is 15.1. The Hall–Kier alpha value is -3.17. The van der Waals surface area contributed by atoms with Crippen molar-refractivity contribution >= 4 is 33.7 Å². The molecule has 3 aromatic carbocycles. The van der Waals surface area contributed by atoms with Crippen LogP contribution in [0.2, 0.25) is 5.28 Å². The van der Waals surface area contributed by atoms with Crippen LogP contribution in [0.1, 0.15) is 0 Å². The standard InChI is InChI=1S/C22H13ClN2O/c23-22-24-19(21-20(25-22)17-8-4-5-9-18(17)26-21)16-12-10-15(11-13-16)14-6-2-1-3-7-14/h1-13H. The number of nitrogens with zero attached hydrogens (tertiary/aromatic N) is 2. The zero-order chi connectivity index (χ0) is 17.5. The van der Waals surface area contributed by atoms with Crippen LogP contribution in [0.3, 0.4) is 0 Å². The van der Waals surface area contributed by atoms with E-state index in [9.17, 15) is 0 Å². The maximum Gasteiger partial charge on any atom is 0.223 e. The summed E-state index contributed by atoms with van der Waals surface area (Å²) in [5, 5.41) is 1.15. The van der Waals surface area contributed by atoms with Gasteiger partial charge in [-0.05, 0) is 34.9 Å². The molecule has 0 fully saturated rings. The van der Waals surface area contributed by atoms with Gasteiger partial charge in [-0.1, -0.05) is 66.7 Å². The van der Waals surface area contributed by atoms with E-state index in [0.717, 1.165) is 27.6 Å². The molecule has 0 saturated carbocycles. The molecule has 0 N–H and O–H groups in total. The molecule has 0 saturated heterocycles. The lowest BCUT2D eigenvalue weighted by molar-refractivity contribution is 0.667. The van der Waals surface area contributed by atoms with Gasteiger partial charge in [0.05, 0.1) is 0 Å². The van der Waals surface area contributed by atoms with E-state index in [1.54, 1.807) is 0 Å². The minimum Gasteiger partial charge on any atom is -0.452 e. The van der Waals surface area contributed by atoms with Gasteiger partial charge in [0.25, 0.3) is 0 Å². The Balaban J connectivity index is 1.69. The third kappa shape index (κ3) is 2.45. The summed E-state index contributed by atoms with van der Waals surface area (Å²) in [5.74, 6) is 0. The minimum atomic E-state index is 0.214. The molecule has 0 aliphatic heterocycles. The molecule has 0 radical (unpaired) electrons. The van der Waals surface area contributed by atoms with Crippen LogP contribution in [0.4, 0.5) is 0 Å². The van der Waals surface area contributed by atoms with Crippen LogP contribution in [-0.2, 0) is 0 Å². The summed E-state index contributed by atoms with van der Waals surface area (Å²) in [6.45, 7) is 0. The number of aromatic nitrogens is 2. The quantitative estimate of drug-likeness (QED) is 0.345. The number of para-hydroxylation sites is 1. The molecule has 5 aromatic rings. The molecule has 3 nitrogen and oxygen atoms in total. The summed E-state index contributed by atoms with van der Waals surface area (Å²) in [6, 6.07) is 26.3. The number of fused-ring (bicyclic) bond motifs is 3. The lowest BCUT2D eigenvalue weighted by atomic mass is 10.0. The van der Waals surface area contributed by atoms with E-state index in [4.69, 9.17) is 16.0 Å². The molecule has 0 aliphatic carbocycles. The Morgan fingerprint density at radius 2 is 1.31 bits per heavy atom. The number of hydrogen-bond donors (Lipinski definition) is 0. The monoisotopic (exact) mass is 356 g/mol. The third-order valence-corrected chi connectivity index (χ3v) is 4.63. The van der Waals surface area contributed by atoms with E-state index in [1.807, 2.05) is 54.6 Å². The van der Waals surface area contributed by atoms with E-state index in [0.29, 0.717) is 11.3 Å². The Labute approximate surface area is 154 Å². The van der Waals surface area contributed by atoms with Crippen molar-refractivity contribution in [2.24, 2.45) is 0 Å². The van der Waals surface area contributed by atoms with Crippen LogP contribution in [0.15, 0.2) is 83.3 Å². The first-order valence-corrected chi connectivity index (χ1v) is 8.68. The molecule has 0 bridgehead atoms. The largest absolute Gasteiger partial charge is 0.452 e. The van der Waals surface area contributed by atoms with Crippen molar-refractivity contribution in [1.82, 2.24) is 9.97 Å². The molecule has 4 heteroatoms. The van der Waals surface area contributed by atoms with Crippen molar-refractivity contribution in [1.29, 1.82) is 0 Å². The van der Waals surface area contributed by atoms with Gasteiger partial charge in [-0.15, -0.1) is 0 Å². The number of halogens is 1. The second-order valence-corrected chi connectivity index (χ2v) is 6.40. The summed E-state index contributed by atoms with van der Waals surface area (Å²) in [5.41, 5.74) is 6.14. The van der Waals surface area contributed by atoms with E-state index in [-0.39, 0.29) is 5.28 Å². The lowest BCUT2D eigenvalue weighted by Crippen LogP contribution is -1.89. The number of rotatable bonds is 2. The van der Waals surface area contributed by atoms with E-state index in [2.05, 4.69) is 34.2 Å². The Bertz CT molecular complexity index is 1230. The molecule has 2 heterocycles.